The number of benzene rings is 1. The molecule has 27 heavy (non-hydrogen) atoms. The summed E-state index contributed by atoms with van der Waals surface area (Å²) in [6.07, 6.45) is 4.85. The first kappa shape index (κ1) is 22.4. The second-order valence-corrected chi connectivity index (χ2v) is 7.74. The minimum Gasteiger partial charge on any atom is -0.381 e. The molecule has 1 aromatic carbocycles. The third-order valence-electron chi connectivity index (χ3n) is 5.95. The predicted molar refractivity (Wildman–Crippen MR) is 123 cm³/mol. The molecule has 0 atom stereocenters. The maximum Gasteiger partial charge on any atom is 0.191 e. The lowest BCUT2D eigenvalue weighted by molar-refractivity contribution is -0.0164. The van der Waals surface area contributed by atoms with Crippen LogP contribution in [0.4, 0.5) is 0 Å². The molecule has 0 amide bonds. The fourth-order valence-electron chi connectivity index (χ4n) is 4.24. The van der Waals surface area contributed by atoms with Crippen LogP contribution in [0.5, 0.6) is 0 Å². The van der Waals surface area contributed by atoms with Crippen molar-refractivity contribution in [2.45, 2.75) is 51.6 Å². The fraction of sp³-hybridized carbons (Fsp3) is 0.667. The first-order valence-electron chi connectivity index (χ1n) is 9.96. The van der Waals surface area contributed by atoms with Gasteiger partial charge < -0.3 is 15.4 Å². The summed E-state index contributed by atoms with van der Waals surface area (Å²) in [6, 6.07) is 6.61. The Morgan fingerprint density at radius 1 is 1.15 bits per heavy atom. The van der Waals surface area contributed by atoms with Gasteiger partial charge in [0.15, 0.2) is 5.96 Å². The molecule has 1 aromatic rings. The van der Waals surface area contributed by atoms with Crippen molar-refractivity contribution in [3.05, 3.63) is 34.9 Å². The number of nitrogens with zero attached hydrogens (tertiary/aromatic N) is 2. The molecule has 0 aromatic heterocycles. The molecule has 0 bridgehead atoms. The van der Waals surface area contributed by atoms with Gasteiger partial charge in [-0.3, -0.25) is 9.89 Å². The van der Waals surface area contributed by atoms with Crippen LogP contribution in [0.15, 0.2) is 23.2 Å². The van der Waals surface area contributed by atoms with Gasteiger partial charge in [-0.2, -0.15) is 0 Å². The largest absolute Gasteiger partial charge is 0.381 e. The van der Waals surface area contributed by atoms with Gasteiger partial charge in [-0.15, -0.1) is 24.0 Å². The van der Waals surface area contributed by atoms with Gasteiger partial charge in [0.1, 0.15) is 0 Å². The van der Waals surface area contributed by atoms with Crippen molar-refractivity contribution >= 4 is 29.9 Å². The Morgan fingerprint density at radius 2 is 1.85 bits per heavy atom. The first-order valence-corrected chi connectivity index (χ1v) is 9.96. The van der Waals surface area contributed by atoms with Crippen molar-refractivity contribution in [2.24, 2.45) is 4.99 Å². The number of nitrogens with one attached hydrogen (secondary N) is 2. The van der Waals surface area contributed by atoms with Crippen LogP contribution in [0.2, 0.25) is 0 Å². The number of rotatable bonds is 5. The minimum atomic E-state index is 0. The Labute approximate surface area is 181 Å². The molecule has 0 radical (unpaired) electrons. The Balaban J connectivity index is 0.00000261. The highest BCUT2D eigenvalue weighted by atomic mass is 127. The zero-order chi connectivity index (χ0) is 18.4. The highest BCUT2D eigenvalue weighted by Gasteiger charge is 2.39. The van der Waals surface area contributed by atoms with E-state index in [0.29, 0.717) is 0 Å². The van der Waals surface area contributed by atoms with Crippen LogP contribution in [0.3, 0.4) is 0 Å². The molecule has 6 heteroatoms. The van der Waals surface area contributed by atoms with E-state index in [2.05, 4.69) is 52.6 Å². The van der Waals surface area contributed by atoms with E-state index in [1.165, 1.54) is 42.6 Å². The maximum absolute atomic E-state index is 5.65. The van der Waals surface area contributed by atoms with Crippen LogP contribution < -0.4 is 10.6 Å². The number of hydrogen-bond donors (Lipinski definition) is 2. The molecular weight excluding hydrogens is 451 g/mol. The number of hydrogen-bond acceptors (Lipinski definition) is 3. The van der Waals surface area contributed by atoms with Crippen LogP contribution in [0.1, 0.15) is 42.4 Å². The fourth-order valence-corrected chi connectivity index (χ4v) is 4.24. The van der Waals surface area contributed by atoms with Crippen molar-refractivity contribution in [3.63, 3.8) is 0 Å². The van der Waals surface area contributed by atoms with Gasteiger partial charge in [0.25, 0.3) is 0 Å². The molecule has 0 spiro atoms. The van der Waals surface area contributed by atoms with E-state index in [-0.39, 0.29) is 29.5 Å². The lowest BCUT2D eigenvalue weighted by Crippen LogP contribution is -2.58. The molecule has 2 fully saturated rings. The number of aryl methyl sites for hydroxylation is 2. The van der Waals surface area contributed by atoms with Crippen LogP contribution in [-0.2, 0) is 11.3 Å². The summed E-state index contributed by atoms with van der Waals surface area (Å²) in [5.41, 5.74) is 4.16. The smallest absolute Gasteiger partial charge is 0.191 e. The van der Waals surface area contributed by atoms with E-state index in [1.54, 1.807) is 0 Å². The lowest BCUT2D eigenvalue weighted by Gasteiger charge is -2.45. The molecule has 0 saturated carbocycles. The second-order valence-electron chi connectivity index (χ2n) is 7.74. The van der Waals surface area contributed by atoms with Gasteiger partial charge in [0.05, 0.1) is 0 Å². The average molecular weight is 486 g/mol. The van der Waals surface area contributed by atoms with E-state index < -0.39 is 0 Å². The van der Waals surface area contributed by atoms with Gasteiger partial charge in [0.2, 0.25) is 0 Å². The Morgan fingerprint density at radius 3 is 2.48 bits per heavy atom. The van der Waals surface area contributed by atoms with E-state index in [0.717, 1.165) is 45.1 Å². The zero-order valence-electron chi connectivity index (χ0n) is 17.0. The third-order valence-corrected chi connectivity index (χ3v) is 5.95. The van der Waals surface area contributed by atoms with E-state index in [1.807, 2.05) is 7.05 Å². The number of halogens is 1. The zero-order valence-corrected chi connectivity index (χ0v) is 19.3. The number of aliphatic imine (C=N–C) groups is 1. The number of likely N-dealkylation sites (tertiary alicyclic amines) is 1. The molecule has 5 nitrogen and oxygen atoms in total. The number of guanidine groups is 1. The molecular formula is C21H35IN4O. The predicted octanol–water partition coefficient (Wildman–Crippen LogP) is 3.23. The quantitative estimate of drug-likeness (QED) is 0.381. The maximum atomic E-state index is 5.65. The SMILES string of the molecule is CN=C(NCc1ccc(C)cc1C)NCC1(N2CCCC2)CCOCC1.I. The van der Waals surface area contributed by atoms with Crippen molar-refractivity contribution < 1.29 is 4.74 Å². The Hall–Kier alpha value is -0.860. The van der Waals surface area contributed by atoms with Gasteiger partial charge in [0, 0.05) is 38.9 Å². The van der Waals surface area contributed by atoms with Crippen LogP contribution >= 0.6 is 24.0 Å². The highest BCUT2D eigenvalue weighted by molar-refractivity contribution is 14.0. The monoisotopic (exact) mass is 486 g/mol. The molecule has 2 aliphatic rings. The second kappa shape index (κ2) is 10.6. The van der Waals surface area contributed by atoms with Gasteiger partial charge in [-0.25, -0.2) is 0 Å². The van der Waals surface area contributed by atoms with Crippen LogP contribution in [0, 0.1) is 13.8 Å². The summed E-state index contributed by atoms with van der Waals surface area (Å²) < 4.78 is 5.65. The lowest BCUT2D eigenvalue weighted by atomic mass is 9.88. The summed E-state index contributed by atoms with van der Waals surface area (Å²) in [7, 11) is 1.85. The summed E-state index contributed by atoms with van der Waals surface area (Å²) >= 11 is 0. The first-order chi connectivity index (χ1) is 12.6. The third kappa shape index (κ3) is 5.81. The minimum absolute atomic E-state index is 0. The molecule has 152 valence electrons. The molecule has 2 N–H and O–H groups in total. The van der Waals surface area contributed by atoms with Crippen LogP contribution in [0.25, 0.3) is 0 Å². The molecule has 3 rings (SSSR count). The molecule has 2 saturated heterocycles. The Kier molecular flexibility index (Phi) is 8.82. The molecule has 0 aliphatic carbocycles. The summed E-state index contributed by atoms with van der Waals surface area (Å²) in [6.45, 7) is 10.2. The number of ether oxygens (including phenoxy) is 1. The topological polar surface area (TPSA) is 48.9 Å². The van der Waals surface area contributed by atoms with Gasteiger partial charge in [-0.1, -0.05) is 23.8 Å². The summed E-state index contributed by atoms with van der Waals surface area (Å²) in [5, 5.41) is 7.08. The summed E-state index contributed by atoms with van der Waals surface area (Å²) in [4.78, 5) is 7.12. The van der Waals surface area contributed by atoms with E-state index in [4.69, 9.17) is 4.74 Å². The normalized spacial score (nSPS) is 20.2. The van der Waals surface area contributed by atoms with Gasteiger partial charge in [-0.05, 0) is 63.7 Å². The summed E-state index contributed by atoms with van der Waals surface area (Å²) in [5.74, 6) is 0.884. The molecule has 2 heterocycles. The van der Waals surface area contributed by atoms with E-state index in [9.17, 15) is 0 Å². The van der Waals surface area contributed by atoms with Gasteiger partial charge >= 0.3 is 0 Å². The van der Waals surface area contributed by atoms with Crippen LogP contribution in [-0.4, -0.2) is 56.3 Å². The average Bonchev–Trinajstić information content (AvgIpc) is 3.19. The standard InChI is InChI=1S/C21H34N4O.HI/c1-17-6-7-19(18(2)14-17)15-23-20(22-3)24-16-21(8-12-26-13-9-21)25-10-4-5-11-25;/h6-7,14H,4-5,8-13,15-16H2,1-3H3,(H2,22,23,24);1H. The highest BCUT2D eigenvalue weighted by Crippen LogP contribution is 2.30. The van der Waals surface area contributed by atoms with Crippen molar-refractivity contribution in [3.8, 4) is 0 Å². The van der Waals surface area contributed by atoms with Crippen molar-refractivity contribution in [2.75, 3.05) is 39.9 Å². The molecule has 0 unspecified atom stereocenters. The van der Waals surface area contributed by atoms with Crippen molar-refractivity contribution in [1.29, 1.82) is 0 Å². The Bertz CT molecular complexity index is 623. The molecule has 2 aliphatic heterocycles. The van der Waals surface area contributed by atoms with Crippen molar-refractivity contribution in [1.82, 2.24) is 15.5 Å². The van der Waals surface area contributed by atoms with E-state index >= 15 is 0 Å².